The molecule has 128 valence electrons. The Hall–Kier alpha value is -3.32. The molecule has 2 rings (SSSR count). The summed E-state index contributed by atoms with van der Waals surface area (Å²) in [4.78, 5) is 24.6. The molecule has 0 atom stereocenters. The third-order valence-electron chi connectivity index (χ3n) is 2.27. The minimum absolute atomic E-state index is 0.0963. The summed E-state index contributed by atoms with van der Waals surface area (Å²) in [7, 11) is 0. The Morgan fingerprint density at radius 3 is 1.67 bits per heavy atom. The highest BCUT2D eigenvalue weighted by molar-refractivity contribution is 5.69. The molecule has 0 amide bonds. The highest BCUT2D eigenvalue weighted by Gasteiger charge is 2.09. The van der Waals surface area contributed by atoms with Gasteiger partial charge < -0.3 is 9.47 Å². The Bertz CT molecular complexity index is 663. The fourth-order valence-corrected chi connectivity index (χ4v) is 1.42. The normalized spacial score (nSPS) is 10.9. The number of aromatic nitrogens is 8. The maximum absolute atomic E-state index is 11.3. The molecule has 2 heterocycles. The summed E-state index contributed by atoms with van der Waals surface area (Å²) < 4.78 is 9.49. The van der Waals surface area contributed by atoms with Gasteiger partial charge in [-0.05, 0) is 24.3 Å². The van der Waals surface area contributed by atoms with Gasteiger partial charge in [0.1, 0.15) is 0 Å². The molecule has 0 aromatic carbocycles. The first-order chi connectivity index (χ1) is 11.6. The largest absolute Gasteiger partial charge is 0.465 e. The maximum Gasteiger partial charge on any atom is 0.329 e. The zero-order valence-corrected chi connectivity index (χ0v) is 12.9. The van der Waals surface area contributed by atoms with E-state index in [1.807, 2.05) is 0 Å². The van der Waals surface area contributed by atoms with Crippen molar-refractivity contribution in [2.75, 3.05) is 13.2 Å². The van der Waals surface area contributed by atoms with Crippen molar-refractivity contribution in [3.05, 3.63) is 0 Å². The molecule has 2 aromatic heterocycles. The lowest BCUT2D eigenvalue weighted by atomic mass is 10.7. The molecule has 0 saturated heterocycles. The second kappa shape index (κ2) is 8.35. The minimum Gasteiger partial charge on any atom is -0.465 e. The van der Waals surface area contributed by atoms with Gasteiger partial charge in [0, 0.05) is 0 Å². The van der Waals surface area contributed by atoms with Crippen LogP contribution in [0.4, 0.5) is 11.9 Å². The summed E-state index contributed by atoms with van der Waals surface area (Å²) in [6.45, 7) is 3.51. The van der Waals surface area contributed by atoms with Gasteiger partial charge in [-0.1, -0.05) is 10.2 Å². The standard InChI is InChI=1S/C10H14N10O4/c1-3-23-7(21)5-19-15-9(13-17-19)11-12-10-14-18-20(16-10)6-8(22)24-4-2/h3-6H2,1-2H3/b12-11+. The van der Waals surface area contributed by atoms with Crippen LogP contribution < -0.4 is 0 Å². The lowest BCUT2D eigenvalue weighted by Crippen LogP contribution is -2.15. The van der Waals surface area contributed by atoms with E-state index < -0.39 is 11.9 Å². The number of hydrogen-bond acceptors (Lipinski definition) is 12. The monoisotopic (exact) mass is 338 g/mol. The van der Waals surface area contributed by atoms with E-state index in [1.165, 1.54) is 0 Å². The van der Waals surface area contributed by atoms with Gasteiger partial charge >= 0.3 is 23.8 Å². The van der Waals surface area contributed by atoms with Gasteiger partial charge in [-0.2, -0.15) is 9.59 Å². The van der Waals surface area contributed by atoms with Crippen LogP contribution in [-0.4, -0.2) is 65.6 Å². The number of hydrogen-bond donors (Lipinski definition) is 0. The SMILES string of the molecule is CCOC(=O)Cn1nnc(/N=N/c2nnn(CC(=O)OCC)n2)n1. The Kier molecular flexibility index (Phi) is 5.93. The first-order valence-corrected chi connectivity index (χ1v) is 6.89. The van der Waals surface area contributed by atoms with Crippen LogP contribution in [0, 0.1) is 0 Å². The van der Waals surface area contributed by atoms with Crippen molar-refractivity contribution in [3.63, 3.8) is 0 Å². The molecule has 0 bridgehead atoms. The number of azo groups is 1. The van der Waals surface area contributed by atoms with Crippen molar-refractivity contribution in [2.45, 2.75) is 26.9 Å². The van der Waals surface area contributed by atoms with Crippen LogP contribution in [0.1, 0.15) is 13.8 Å². The van der Waals surface area contributed by atoms with E-state index in [-0.39, 0.29) is 38.2 Å². The van der Waals surface area contributed by atoms with Crippen molar-refractivity contribution >= 4 is 23.8 Å². The summed E-state index contributed by atoms with van der Waals surface area (Å²) in [6.07, 6.45) is 0. The summed E-state index contributed by atoms with van der Waals surface area (Å²) in [6, 6.07) is 0. The molecular weight excluding hydrogens is 324 g/mol. The highest BCUT2D eigenvalue weighted by atomic mass is 16.5. The molecule has 0 aliphatic rings. The Morgan fingerprint density at radius 1 is 0.875 bits per heavy atom. The van der Waals surface area contributed by atoms with Gasteiger partial charge in [-0.3, -0.25) is 0 Å². The van der Waals surface area contributed by atoms with Crippen molar-refractivity contribution in [1.82, 2.24) is 40.4 Å². The molecule has 14 heteroatoms. The van der Waals surface area contributed by atoms with Crippen molar-refractivity contribution in [1.29, 1.82) is 0 Å². The molecule has 0 N–H and O–H groups in total. The Labute approximate surface area is 134 Å². The number of carbonyl (C=O) groups excluding carboxylic acids is 2. The third-order valence-corrected chi connectivity index (χ3v) is 2.27. The average Bonchev–Trinajstić information content (AvgIpc) is 3.15. The first-order valence-electron chi connectivity index (χ1n) is 6.89. The van der Waals surface area contributed by atoms with Gasteiger partial charge in [-0.15, -0.1) is 20.4 Å². The van der Waals surface area contributed by atoms with Crippen LogP contribution in [0.2, 0.25) is 0 Å². The molecule has 14 nitrogen and oxygen atoms in total. The predicted molar refractivity (Wildman–Crippen MR) is 73.1 cm³/mol. The number of tetrazole rings is 2. The van der Waals surface area contributed by atoms with E-state index in [0.29, 0.717) is 0 Å². The van der Waals surface area contributed by atoms with Gasteiger partial charge in [0.2, 0.25) is 0 Å². The predicted octanol–water partition coefficient (Wildman–Crippen LogP) is -0.799. The molecule has 0 aliphatic carbocycles. The Morgan fingerprint density at radius 2 is 1.29 bits per heavy atom. The summed E-state index contributed by atoms with van der Waals surface area (Å²) in [5, 5.41) is 29.3. The summed E-state index contributed by atoms with van der Waals surface area (Å²) >= 11 is 0. The van der Waals surface area contributed by atoms with Crippen molar-refractivity contribution in [2.24, 2.45) is 10.2 Å². The van der Waals surface area contributed by atoms with Crippen LogP contribution in [0.5, 0.6) is 0 Å². The molecular formula is C10H14N10O4. The van der Waals surface area contributed by atoms with E-state index in [0.717, 1.165) is 9.59 Å². The highest BCUT2D eigenvalue weighted by Crippen LogP contribution is 2.07. The zero-order chi connectivity index (χ0) is 17.4. The van der Waals surface area contributed by atoms with Crippen LogP contribution in [-0.2, 0) is 32.2 Å². The minimum atomic E-state index is -0.498. The molecule has 0 spiro atoms. The average molecular weight is 338 g/mol. The smallest absolute Gasteiger partial charge is 0.329 e. The number of esters is 2. The fourth-order valence-electron chi connectivity index (χ4n) is 1.42. The quantitative estimate of drug-likeness (QED) is 0.439. The van der Waals surface area contributed by atoms with E-state index >= 15 is 0 Å². The van der Waals surface area contributed by atoms with Crippen LogP contribution in [0.3, 0.4) is 0 Å². The summed E-state index contributed by atoms with van der Waals surface area (Å²) in [5.74, 6) is -1.19. The van der Waals surface area contributed by atoms with Gasteiger partial charge in [0.05, 0.1) is 13.2 Å². The second-order valence-electron chi connectivity index (χ2n) is 4.05. The van der Waals surface area contributed by atoms with Gasteiger partial charge in [0.15, 0.2) is 13.1 Å². The van der Waals surface area contributed by atoms with Crippen LogP contribution in [0.25, 0.3) is 0 Å². The van der Waals surface area contributed by atoms with Gasteiger partial charge in [-0.25, -0.2) is 9.59 Å². The maximum atomic E-state index is 11.3. The molecule has 0 fully saturated rings. The fraction of sp³-hybridized carbons (Fsp3) is 0.600. The van der Waals surface area contributed by atoms with Crippen molar-refractivity contribution in [3.8, 4) is 0 Å². The lowest BCUT2D eigenvalue weighted by Gasteiger charge is -1.98. The van der Waals surface area contributed by atoms with Crippen LogP contribution in [0.15, 0.2) is 10.2 Å². The molecule has 0 unspecified atom stereocenters. The third kappa shape index (κ3) is 5.15. The lowest BCUT2D eigenvalue weighted by molar-refractivity contribution is -0.145. The van der Waals surface area contributed by atoms with Gasteiger partial charge in [0.25, 0.3) is 0 Å². The molecule has 2 aromatic rings. The van der Waals surface area contributed by atoms with Crippen LogP contribution >= 0.6 is 0 Å². The first kappa shape index (κ1) is 17.0. The number of ether oxygens (including phenoxy) is 2. The Balaban J connectivity index is 1.92. The number of nitrogens with zero attached hydrogens (tertiary/aromatic N) is 10. The molecule has 0 saturated carbocycles. The van der Waals surface area contributed by atoms with E-state index in [2.05, 4.69) is 41.0 Å². The van der Waals surface area contributed by atoms with E-state index in [1.54, 1.807) is 13.8 Å². The zero-order valence-electron chi connectivity index (χ0n) is 12.9. The second-order valence-corrected chi connectivity index (χ2v) is 4.05. The molecule has 0 radical (unpaired) electrons. The summed E-state index contributed by atoms with van der Waals surface area (Å²) in [5.41, 5.74) is 0. The van der Waals surface area contributed by atoms with Crippen molar-refractivity contribution < 1.29 is 19.1 Å². The molecule has 0 aliphatic heterocycles. The topological polar surface area (TPSA) is 165 Å². The van der Waals surface area contributed by atoms with E-state index in [9.17, 15) is 9.59 Å². The molecule has 24 heavy (non-hydrogen) atoms. The van der Waals surface area contributed by atoms with E-state index in [4.69, 9.17) is 9.47 Å². The number of carbonyl (C=O) groups is 2. The number of rotatable bonds is 8.